The predicted octanol–water partition coefficient (Wildman–Crippen LogP) is 3.20. The number of carbonyl (C=O) groups excluding carboxylic acids is 2. The van der Waals surface area contributed by atoms with Gasteiger partial charge >= 0.3 is 5.97 Å². The summed E-state index contributed by atoms with van der Waals surface area (Å²) in [5.74, 6) is -0.145. The lowest BCUT2D eigenvalue weighted by molar-refractivity contribution is -0.258. The molecule has 6 fully saturated rings. The minimum atomic E-state index is -0.830. The van der Waals surface area contributed by atoms with E-state index in [1.165, 1.54) is 0 Å². The molecule has 3 saturated carbocycles. The zero-order valence-electron chi connectivity index (χ0n) is 19.8. The maximum absolute atomic E-state index is 13.1. The zero-order chi connectivity index (χ0) is 23.3. The Hall–Kier alpha value is -1.70. The van der Waals surface area contributed by atoms with Crippen molar-refractivity contribution >= 4 is 11.8 Å². The number of aliphatic hydroxyl groups is 1. The Bertz CT molecular complexity index is 1080. The monoisotopic (exact) mass is 456 g/mol. The van der Waals surface area contributed by atoms with Crippen LogP contribution in [0, 0.1) is 33.5 Å². The van der Waals surface area contributed by atoms with Crippen LogP contribution in [0.4, 0.5) is 0 Å². The van der Waals surface area contributed by atoms with E-state index < -0.39 is 40.2 Å². The molecule has 0 amide bonds. The number of epoxide rings is 2. The number of carbonyl (C=O) groups is 2. The van der Waals surface area contributed by atoms with Crippen LogP contribution in [-0.2, 0) is 23.8 Å². The van der Waals surface area contributed by atoms with Crippen LogP contribution in [0.3, 0.4) is 0 Å². The van der Waals surface area contributed by atoms with Crippen LogP contribution >= 0.6 is 0 Å². The molecule has 0 bridgehead atoms. The van der Waals surface area contributed by atoms with Crippen molar-refractivity contribution < 1.29 is 33.3 Å². The van der Waals surface area contributed by atoms with Gasteiger partial charge in [-0.2, -0.15) is 0 Å². The van der Waals surface area contributed by atoms with Crippen molar-refractivity contribution in [3.05, 3.63) is 24.2 Å². The molecular formula is C26H32O7. The molecular weight excluding hydrogens is 424 g/mol. The van der Waals surface area contributed by atoms with Crippen molar-refractivity contribution in [1.29, 1.82) is 0 Å². The van der Waals surface area contributed by atoms with Gasteiger partial charge in [-0.25, -0.2) is 4.79 Å². The molecule has 11 atom stereocenters. The third kappa shape index (κ3) is 1.92. The highest BCUT2D eigenvalue weighted by molar-refractivity contribution is 5.92. The van der Waals surface area contributed by atoms with Crippen molar-refractivity contribution in [3.63, 3.8) is 0 Å². The molecule has 7 nitrogen and oxygen atoms in total. The first-order chi connectivity index (χ1) is 15.5. The van der Waals surface area contributed by atoms with Crippen molar-refractivity contribution in [1.82, 2.24) is 0 Å². The molecule has 33 heavy (non-hydrogen) atoms. The summed E-state index contributed by atoms with van der Waals surface area (Å²) in [6, 6.07) is 1.85. The second kappa shape index (κ2) is 5.58. The van der Waals surface area contributed by atoms with Gasteiger partial charge < -0.3 is 23.7 Å². The van der Waals surface area contributed by atoms with E-state index in [4.69, 9.17) is 18.6 Å². The van der Waals surface area contributed by atoms with Gasteiger partial charge in [-0.3, -0.25) is 4.79 Å². The summed E-state index contributed by atoms with van der Waals surface area (Å²) in [4.78, 5) is 26.2. The number of hydrogen-bond acceptors (Lipinski definition) is 7. The van der Waals surface area contributed by atoms with Gasteiger partial charge in [-0.15, -0.1) is 0 Å². The molecule has 7 rings (SSSR count). The molecule has 4 heterocycles. The molecule has 2 unspecified atom stereocenters. The molecule has 3 aliphatic heterocycles. The predicted molar refractivity (Wildman–Crippen MR) is 114 cm³/mol. The Kier molecular flexibility index (Phi) is 3.49. The van der Waals surface area contributed by atoms with Gasteiger partial charge in [-0.05, 0) is 37.2 Å². The fourth-order valence-corrected chi connectivity index (χ4v) is 9.70. The van der Waals surface area contributed by atoms with E-state index in [1.807, 2.05) is 19.9 Å². The van der Waals surface area contributed by atoms with E-state index in [0.29, 0.717) is 6.42 Å². The van der Waals surface area contributed by atoms with Gasteiger partial charge in [0.15, 0.2) is 11.9 Å². The highest BCUT2D eigenvalue weighted by Gasteiger charge is 2.89. The molecule has 3 aliphatic carbocycles. The van der Waals surface area contributed by atoms with Crippen LogP contribution < -0.4 is 0 Å². The van der Waals surface area contributed by atoms with Crippen LogP contribution in [0.1, 0.15) is 65.5 Å². The van der Waals surface area contributed by atoms with Gasteiger partial charge in [0, 0.05) is 27.2 Å². The molecule has 6 aliphatic rings. The summed E-state index contributed by atoms with van der Waals surface area (Å²) in [6.45, 7) is 10.6. The lowest BCUT2D eigenvalue weighted by atomic mass is 9.35. The van der Waals surface area contributed by atoms with E-state index >= 15 is 0 Å². The largest absolute Gasteiger partial charge is 0.472 e. The summed E-state index contributed by atoms with van der Waals surface area (Å²) in [5, 5.41) is 11.9. The number of aliphatic hydroxyl groups excluding tert-OH is 1. The quantitative estimate of drug-likeness (QED) is 0.511. The first kappa shape index (κ1) is 20.7. The van der Waals surface area contributed by atoms with E-state index in [2.05, 4.69) is 20.8 Å². The minimum Gasteiger partial charge on any atom is -0.472 e. The third-order valence-electron chi connectivity index (χ3n) is 11.3. The number of Topliss-reactive ketones (excluding diaryl/α,β-unsaturated/α-hetero) is 1. The van der Waals surface area contributed by atoms with Gasteiger partial charge in [-0.1, -0.05) is 34.6 Å². The summed E-state index contributed by atoms with van der Waals surface area (Å²) in [5.41, 5.74) is -2.04. The highest BCUT2D eigenvalue weighted by Crippen LogP contribution is 2.80. The molecule has 3 saturated heterocycles. The minimum absolute atomic E-state index is 0.00694. The second-order valence-corrected chi connectivity index (χ2v) is 12.6. The number of ketones is 1. The molecule has 178 valence electrons. The fourth-order valence-electron chi connectivity index (χ4n) is 9.70. The molecule has 1 N–H and O–H groups in total. The lowest BCUT2D eigenvalue weighted by Crippen LogP contribution is -2.74. The number of esters is 1. The zero-order valence-corrected chi connectivity index (χ0v) is 19.8. The Balaban J connectivity index is 1.39. The number of rotatable bonds is 1. The smallest absolute Gasteiger partial charge is 0.339 e. The fraction of sp³-hybridized carbons (Fsp3) is 0.769. The molecule has 0 aromatic carbocycles. The number of ether oxygens (including phenoxy) is 3. The van der Waals surface area contributed by atoms with Crippen LogP contribution in [0.5, 0.6) is 0 Å². The summed E-state index contributed by atoms with van der Waals surface area (Å²) >= 11 is 0. The van der Waals surface area contributed by atoms with Crippen molar-refractivity contribution in [2.75, 3.05) is 0 Å². The molecule has 0 radical (unpaired) electrons. The number of furan rings is 1. The molecule has 7 heteroatoms. The van der Waals surface area contributed by atoms with E-state index in [9.17, 15) is 14.7 Å². The molecule has 1 aromatic heterocycles. The van der Waals surface area contributed by atoms with Crippen LogP contribution in [0.25, 0.3) is 0 Å². The van der Waals surface area contributed by atoms with Crippen LogP contribution in [0.2, 0.25) is 0 Å². The average Bonchev–Trinajstić information content (AvgIpc) is 3.66. The Morgan fingerprint density at radius 2 is 1.82 bits per heavy atom. The number of fused-ring (bicyclic) bond motifs is 5. The van der Waals surface area contributed by atoms with Crippen LogP contribution in [0.15, 0.2) is 23.0 Å². The third-order valence-corrected chi connectivity index (χ3v) is 11.3. The first-order valence-corrected chi connectivity index (χ1v) is 12.2. The maximum Gasteiger partial charge on any atom is 0.339 e. The number of cyclic esters (lactones) is 1. The number of hydrogen-bond donors (Lipinski definition) is 1. The summed E-state index contributed by atoms with van der Waals surface area (Å²) in [7, 11) is 0. The van der Waals surface area contributed by atoms with Crippen molar-refractivity contribution in [3.8, 4) is 0 Å². The van der Waals surface area contributed by atoms with Gasteiger partial charge in [0.05, 0.1) is 24.7 Å². The topological polar surface area (TPSA) is 102 Å². The normalized spacial score (nSPS) is 57.6. The van der Waals surface area contributed by atoms with E-state index in [-0.39, 0.29) is 41.2 Å². The van der Waals surface area contributed by atoms with Gasteiger partial charge in [0.1, 0.15) is 17.8 Å². The van der Waals surface area contributed by atoms with Crippen molar-refractivity contribution in [2.24, 2.45) is 33.5 Å². The second-order valence-electron chi connectivity index (χ2n) is 12.6. The Labute approximate surface area is 193 Å². The lowest BCUT2D eigenvalue weighted by Gasteiger charge is -2.68. The van der Waals surface area contributed by atoms with E-state index in [0.717, 1.165) is 18.4 Å². The highest BCUT2D eigenvalue weighted by atomic mass is 16.7. The summed E-state index contributed by atoms with van der Waals surface area (Å²) in [6.07, 6.45) is 3.01. The first-order valence-electron chi connectivity index (χ1n) is 12.2. The SMILES string of the molecule is CC1(C)C(=O)C2OC2[C@]2(C)[C@H]3CC[C@@]4(C)[C@H](c5ccoc5)OC(=O)[C@H]5O[C@]54[C@]3(C)[C@H](O)C[C@@H]12. The standard InChI is InChI=1S/C26H32O7/c1-22(2)14-10-15(27)25(5)13(24(14,4)19-16(31-19)17(22)28)6-8-23(3)18(12-7-9-30-11-12)32-21(29)20-26(23,25)33-20/h7,9,11,13-16,18-20,27H,6,8,10H2,1-5H3/t13-,14+,15-,16?,18+,19?,20-,23+,24-,25+,26-/m1/s1. The summed E-state index contributed by atoms with van der Waals surface area (Å²) < 4.78 is 23.8. The maximum atomic E-state index is 13.1. The van der Waals surface area contributed by atoms with Gasteiger partial charge in [0.2, 0.25) is 0 Å². The van der Waals surface area contributed by atoms with Crippen molar-refractivity contribution in [2.45, 2.75) is 90.0 Å². The van der Waals surface area contributed by atoms with Crippen LogP contribution in [-0.4, -0.2) is 46.9 Å². The van der Waals surface area contributed by atoms with Gasteiger partial charge in [0.25, 0.3) is 0 Å². The molecule has 1 spiro atoms. The Morgan fingerprint density at radius 3 is 2.52 bits per heavy atom. The molecule has 1 aromatic rings. The Morgan fingerprint density at radius 1 is 1.06 bits per heavy atom. The van der Waals surface area contributed by atoms with E-state index in [1.54, 1.807) is 12.5 Å². The average molecular weight is 457 g/mol.